The van der Waals surface area contributed by atoms with E-state index in [1.807, 2.05) is 30.0 Å². The van der Waals surface area contributed by atoms with Crippen LogP contribution in [0.2, 0.25) is 0 Å². The summed E-state index contributed by atoms with van der Waals surface area (Å²) in [4.78, 5) is 11.1. The number of hydrogen-bond donors (Lipinski definition) is 1. The Morgan fingerprint density at radius 2 is 2.25 bits per heavy atom. The summed E-state index contributed by atoms with van der Waals surface area (Å²) < 4.78 is 10.9. The Bertz CT molecular complexity index is 828. The van der Waals surface area contributed by atoms with Crippen molar-refractivity contribution >= 4 is 5.95 Å². The normalized spacial score (nSPS) is 18.1. The van der Waals surface area contributed by atoms with Crippen LogP contribution in [-0.4, -0.2) is 39.4 Å². The quantitative estimate of drug-likeness (QED) is 0.791. The molecule has 1 atom stereocenters. The van der Waals surface area contributed by atoms with Gasteiger partial charge in [-0.15, -0.1) is 0 Å². The molecule has 7 nitrogen and oxygen atoms in total. The molecular weight excluding hydrogens is 308 g/mol. The van der Waals surface area contributed by atoms with Crippen LogP contribution in [0.25, 0.3) is 22.8 Å². The van der Waals surface area contributed by atoms with Crippen molar-refractivity contribution in [3.63, 3.8) is 0 Å². The number of anilines is 1. The lowest BCUT2D eigenvalue weighted by atomic mass is 10.1. The van der Waals surface area contributed by atoms with E-state index >= 15 is 0 Å². The summed E-state index contributed by atoms with van der Waals surface area (Å²) in [6, 6.07) is 5.51. The molecule has 1 aliphatic heterocycles. The third-order valence-electron chi connectivity index (χ3n) is 4.10. The molecular formula is C17H18N4O3. The summed E-state index contributed by atoms with van der Waals surface area (Å²) in [5.41, 5.74) is 2.17. The first-order valence-electron chi connectivity index (χ1n) is 7.98. The molecule has 3 aromatic heterocycles. The summed E-state index contributed by atoms with van der Waals surface area (Å²) in [7, 11) is 0. The molecule has 0 unspecified atom stereocenters. The van der Waals surface area contributed by atoms with Gasteiger partial charge in [0.2, 0.25) is 5.95 Å². The lowest BCUT2D eigenvalue weighted by Crippen LogP contribution is -2.39. The number of nitrogens with zero attached hydrogens (tertiary/aromatic N) is 4. The van der Waals surface area contributed by atoms with Crippen LogP contribution in [0, 0.1) is 6.92 Å². The molecule has 1 fully saturated rings. The van der Waals surface area contributed by atoms with E-state index in [2.05, 4.69) is 15.1 Å². The summed E-state index contributed by atoms with van der Waals surface area (Å²) in [5.74, 6) is 1.82. The van der Waals surface area contributed by atoms with E-state index in [-0.39, 0.29) is 6.10 Å². The van der Waals surface area contributed by atoms with Crippen molar-refractivity contribution in [3.8, 4) is 22.8 Å². The van der Waals surface area contributed by atoms with Gasteiger partial charge in [0, 0.05) is 25.4 Å². The van der Waals surface area contributed by atoms with E-state index in [4.69, 9.17) is 8.94 Å². The molecule has 124 valence electrons. The molecule has 0 aromatic carbocycles. The molecule has 3 aromatic rings. The molecule has 0 saturated carbocycles. The monoisotopic (exact) mass is 326 g/mol. The molecule has 4 rings (SSSR count). The standard InChI is InChI=1S/C17H18N4O3/c1-11-8-15(24-20-11)13-9-18-17(21-6-2-4-12(22)10-21)19-16(13)14-5-3-7-23-14/h3,5,7-9,12,22H,2,4,6,10H2,1H3/t12-/m1/s1. The molecule has 1 aliphatic rings. The lowest BCUT2D eigenvalue weighted by Gasteiger charge is -2.30. The lowest BCUT2D eigenvalue weighted by molar-refractivity contribution is 0.153. The highest BCUT2D eigenvalue weighted by Gasteiger charge is 2.23. The number of hydrogen-bond acceptors (Lipinski definition) is 7. The van der Waals surface area contributed by atoms with Crippen molar-refractivity contribution in [2.45, 2.75) is 25.9 Å². The highest BCUT2D eigenvalue weighted by molar-refractivity contribution is 5.75. The van der Waals surface area contributed by atoms with Crippen molar-refractivity contribution in [2.24, 2.45) is 0 Å². The second-order valence-corrected chi connectivity index (χ2v) is 5.98. The van der Waals surface area contributed by atoms with Gasteiger partial charge in [-0.25, -0.2) is 9.97 Å². The molecule has 0 spiro atoms. The highest BCUT2D eigenvalue weighted by atomic mass is 16.5. The maximum Gasteiger partial charge on any atom is 0.226 e. The molecule has 1 saturated heterocycles. The minimum atomic E-state index is -0.342. The molecule has 0 aliphatic carbocycles. The second kappa shape index (κ2) is 6.09. The van der Waals surface area contributed by atoms with E-state index < -0.39 is 0 Å². The summed E-state index contributed by atoms with van der Waals surface area (Å²) in [5, 5.41) is 13.8. The van der Waals surface area contributed by atoms with E-state index in [0.717, 1.165) is 30.6 Å². The van der Waals surface area contributed by atoms with Gasteiger partial charge >= 0.3 is 0 Å². The van der Waals surface area contributed by atoms with E-state index in [0.29, 0.717) is 29.7 Å². The van der Waals surface area contributed by atoms with E-state index in [1.165, 1.54) is 0 Å². The topological polar surface area (TPSA) is 88.4 Å². The Kier molecular flexibility index (Phi) is 3.78. The zero-order valence-corrected chi connectivity index (χ0v) is 13.3. The van der Waals surface area contributed by atoms with Crippen molar-refractivity contribution in [1.29, 1.82) is 0 Å². The maximum absolute atomic E-state index is 9.89. The number of aryl methyl sites for hydroxylation is 1. The van der Waals surface area contributed by atoms with E-state index in [1.54, 1.807) is 12.5 Å². The van der Waals surface area contributed by atoms with Gasteiger partial charge < -0.3 is 18.9 Å². The average Bonchev–Trinajstić information content (AvgIpc) is 3.26. The number of β-amino-alcohol motifs (C(OH)–C–C–N with tert-alkyl or cyclic N) is 1. The van der Waals surface area contributed by atoms with Crippen molar-refractivity contribution in [1.82, 2.24) is 15.1 Å². The number of rotatable bonds is 3. The summed E-state index contributed by atoms with van der Waals surface area (Å²) in [6.45, 7) is 3.23. The largest absolute Gasteiger partial charge is 0.463 e. The van der Waals surface area contributed by atoms with Gasteiger partial charge in [0.05, 0.1) is 23.6 Å². The number of piperidine rings is 1. The summed E-state index contributed by atoms with van der Waals surface area (Å²) in [6.07, 6.45) is 4.73. The number of furan rings is 1. The minimum Gasteiger partial charge on any atom is -0.463 e. The fourth-order valence-electron chi connectivity index (χ4n) is 2.93. The van der Waals surface area contributed by atoms with Crippen LogP contribution in [0.15, 0.2) is 39.6 Å². The zero-order chi connectivity index (χ0) is 16.5. The van der Waals surface area contributed by atoms with Crippen molar-refractivity contribution < 1.29 is 14.0 Å². The minimum absolute atomic E-state index is 0.342. The number of aromatic nitrogens is 3. The first kappa shape index (κ1) is 14.9. The molecule has 7 heteroatoms. The molecule has 4 heterocycles. The van der Waals surface area contributed by atoms with Crippen LogP contribution >= 0.6 is 0 Å². The van der Waals surface area contributed by atoms with Crippen LogP contribution in [0.4, 0.5) is 5.95 Å². The number of aliphatic hydroxyl groups excluding tert-OH is 1. The van der Waals surface area contributed by atoms with Gasteiger partial charge in [0.1, 0.15) is 5.69 Å². The summed E-state index contributed by atoms with van der Waals surface area (Å²) >= 11 is 0. The van der Waals surface area contributed by atoms with Gasteiger partial charge in [-0.05, 0) is 31.9 Å². The predicted molar refractivity (Wildman–Crippen MR) is 87.4 cm³/mol. The van der Waals surface area contributed by atoms with Crippen LogP contribution in [-0.2, 0) is 0 Å². The van der Waals surface area contributed by atoms with Crippen LogP contribution < -0.4 is 4.90 Å². The molecule has 0 bridgehead atoms. The Labute approximate surface area is 138 Å². The number of aliphatic hydroxyl groups is 1. The maximum atomic E-state index is 9.89. The molecule has 24 heavy (non-hydrogen) atoms. The van der Waals surface area contributed by atoms with Crippen molar-refractivity contribution in [2.75, 3.05) is 18.0 Å². The molecule has 1 N–H and O–H groups in total. The Morgan fingerprint density at radius 3 is 2.96 bits per heavy atom. The molecule has 0 amide bonds. The van der Waals surface area contributed by atoms with Gasteiger partial charge in [0.15, 0.2) is 11.5 Å². The Balaban J connectivity index is 1.78. The SMILES string of the molecule is Cc1cc(-c2cnc(N3CCC[C@@H](O)C3)nc2-c2ccco2)on1. The Morgan fingerprint density at radius 1 is 1.33 bits per heavy atom. The van der Waals surface area contributed by atoms with Crippen molar-refractivity contribution in [3.05, 3.63) is 36.4 Å². The second-order valence-electron chi connectivity index (χ2n) is 5.98. The van der Waals surface area contributed by atoms with Crippen LogP contribution in [0.5, 0.6) is 0 Å². The van der Waals surface area contributed by atoms with Gasteiger partial charge in [0.25, 0.3) is 0 Å². The zero-order valence-electron chi connectivity index (χ0n) is 13.3. The average molecular weight is 326 g/mol. The van der Waals surface area contributed by atoms with Gasteiger partial charge in [-0.1, -0.05) is 5.16 Å². The third kappa shape index (κ3) is 2.78. The van der Waals surface area contributed by atoms with Gasteiger partial charge in [-0.3, -0.25) is 0 Å². The predicted octanol–water partition coefficient (Wildman–Crippen LogP) is 2.66. The van der Waals surface area contributed by atoms with Gasteiger partial charge in [-0.2, -0.15) is 0 Å². The van der Waals surface area contributed by atoms with Crippen LogP contribution in [0.3, 0.4) is 0 Å². The fourth-order valence-corrected chi connectivity index (χ4v) is 2.93. The van der Waals surface area contributed by atoms with E-state index in [9.17, 15) is 5.11 Å². The Hall–Kier alpha value is -2.67. The smallest absolute Gasteiger partial charge is 0.226 e. The molecule has 0 radical (unpaired) electrons. The highest BCUT2D eigenvalue weighted by Crippen LogP contribution is 2.32. The van der Waals surface area contributed by atoms with Crippen LogP contribution in [0.1, 0.15) is 18.5 Å². The fraction of sp³-hybridized carbons (Fsp3) is 0.353. The first-order chi connectivity index (χ1) is 11.7. The third-order valence-corrected chi connectivity index (χ3v) is 4.10. The first-order valence-corrected chi connectivity index (χ1v) is 7.98.